The predicted octanol–water partition coefficient (Wildman–Crippen LogP) is 4.04. The highest BCUT2D eigenvalue weighted by Gasteiger charge is 2.41. The van der Waals surface area contributed by atoms with Crippen LogP contribution in [0.5, 0.6) is 0 Å². The first-order valence-corrected chi connectivity index (χ1v) is 10.8. The molecule has 0 bridgehead atoms. The van der Waals surface area contributed by atoms with Gasteiger partial charge in [-0.05, 0) is 43.7 Å². The van der Waals surface area contributed by atoms with Crippen molar-refractivity contribution in [3.8, 4) is 11.8 Å². The van der Waals surface area contributed by atoms with Crippen molar-refractivity contribution in [2.75, 3.05) is 0 Å². The lowest BCUT2D eigenvalue weighted by Gasteiger charge is -2.24. The number of hydrazine groups is 1. The third-order valence-electron chi connectivity index (χ3n) is 4.87. The highest BCUT2D eigenvalue weighted by molar-refractivity contribution is 8.01. The van der Waals surface area contributed by atoms with E-state index < -0.39 is 5.25 Å². The van der Waals surface area contributed by atoms with E-state index >= 15 is 0 Å². The molecular formula is C25H21N3O2S. The molecule has 0 aliphatic carbocycles. The average molecular weight is 428 g/mol. The first-order valence-electron chi connectivity index (χ1n) is 9.85. The highest BCUT2D eigenvalue weighted by Crippen LogP contribution is 2.41. The third-order valence-corrected chi connectivity index (χ3v) is 6.20. The number of thioether (sulfide) groups is 1. The van der Waals surface area contributed by atoms with Gasteiger partial charge in [-0.3, -0.25) is 20.0 Å². The van der Waals surface area contributed by atoms with Crippen LogP contribution in [-0.4, -0.2) is 27.1 Å². The molecule has 0 spiro atoms. The Kier molecular flexibility index (Phi) is 6.06. The fourth-order valence-electron chi connectivity index (χ4n) is 3.11. The maximum atomic E-state index is 13.2. The van der Waals surface area contributed by atoms with Gasteiger partial charge in [-0.25, -0.2) is 5.01 Å². The van der Waals surface area contributed by atoms with Crippen molar-refractivity contribution in [1.29, 1.82) is 0 Å². The summed E-state index contributed by atoms with van der Waals surface area (Å²) in [6, 6.07) is 19.1. The number of amides is 2. The molecule has 1 N–H and O–H groups in total. The van der Waals surface area contributed by atoms with Gasteiger partial charge in [0.05, 0.1) is 5.56 Å². The molecule has 1 aliphatic rings. The van der Waals surface area contributed by atoms with Crippen LogP contribution in [0.4, 0.5) is 0 Å². The molecule has 5 nitrogen and oxygen atoms in total. The number of benzene rings is 2. The Bertz CT molecular complexity index is 1150. The van der Waals surface area contributed by atoms with E-state index in [-0.39, 0.29) is 17.2 Å². The van der Waals surface area contributed by atoms with Crippen LogP contribution in [0.1, 0.15) is 38.0 Å². The molecule has 1 aromatic heterocycles. The number of aryl methyl sites for hydroxylation is 2. The van der Waals surface area contributed by atoms with Crippen molar-refractivity contribution in [2.24, 2.45) is 0 Å². The van der Waals surface area contributed by atoms with E-state index in [1.54, 1.807) is 18.3 Å². The van der Waals surface area contributed by atoms with Gasteiger partial charge in [-0.15, -0.1) is 11.8 Å². The largest absolute Gasteiger partial charge is 0.271 e. The fourth-order valence-corrected chi connectivity index (χ4v) is 4.32. The van der Waals surface area contributed by atoms with E-state index in [1.165, 1.54) is 23.0 Å². The molecule has 4 rings (SSSR count). The summed E-state index contributed by atoms with van der Waals surface area (Å²) < 4.78 is 0. The van der Waals surface area contributed by atoms with Crippen LogP contribution in [0.25, 0.3) is 0 Å². The minimum absolute atomic E-state index is 0.243. The minimum atomic E-state index is -0.582. The summed E-state index contributed by atoms with van der Waals surface area (Å²) in [6.07, 6.45) is 3.07. The fraction of sp³-hybridized carbons (Fsp3) is 0.160. The quantitative estimate of drug-likeness (QED) is 0.641. The van der Waals surface area contributed by atoms with Crippen molar-refractivity contribution >= 4 is 23.6 Å². The molecule has 3 aromatic rings. The van der Waals surface area contributed by atoms with Crippen molar-refractivity contribution in [3.05, 3.63) is 101 Å². The SMILES string of the molecule is Cc1ccc(C#CC2SC(c3ccc(C)cc3)N(NC(=O)c3cccnc3)C2=O)cc1. The number of hydrogen-bond donors (Lipinski definition) is 1. The van der Waals surface area contributed by atoms with Crippen molar-refractivity contribution < 1.29 is 9.59 Å². The smallest absolute Gasteiger partial charge is 0.271 e. The Balaban J connectivity index is 1.61. The predicted molar refractivity (Wildman–Crippen MR) is 122 cm³/mol. The first-order chi connectivity index (χ1) is 15.0. The van der Waals surface area contributed by atoms with Crippen LogP contribution < -0.4 is 5.43 Å². The zero-order valence-electron chi connectivity index (χ0n) is 17.2. The van der Waals surface area contributed by atoms with Crippen LogP contribution in [-0.2, 0) is 4.79 Å². The van der Waals surface area contributed by atoms with Gasteiger partial charge < -0.3 is 0 Å². The van der Waals surface area contributed by atoms with Crippen LogP contribution in [0.15, 0.2) is 73.1 Å². The van der Waals surface area contributed by atoms with Gasteiger partial charge in [0.25, 0.3) is 11.8 Å². The summed E-state index contributed by atoms with van der Waals surface area (Å²) in [7, 11) is 0. The summed E-state index contributed by atoms with van der Waals surface area (Å²) in [5, 5.41) is 0.437. The molecule has 1 aliphatic heterocycles. The Labute approximate surface area is 185 Å². The van der Waals surface area contributed by atoms with E-state index in [9.17, 15) is 9.59 Å². The van der Waals surface area contributed by atoms with Gasteiger partial charge in [0.1, 0.15) is 10.6 Å². The Hall–Kier alpha value is -3.56. The number of pyridine rings is 1. The number of nitrogens with one attached hydrogen (secondary N) is 1. The number of carbonyl (C=O) groups is 2. The monoisotopic (exact) mass is 427 g/mol. The minimum Gasteiger partial charge on any atom is -0.271 e. The van der Waals surface area contributed by atoms with Crippen LogP contribution in [0.3, 0.4) is 0 Å². The molecule has 2 heterocycles. The first kappa shape index (κ1) is 20.7. The summed E-state index contributed by atoms with van der Waals surface area (Å²) >= 11 is 1.42. The molecule has 2 amide bonds. The Morgan fingerprint density at radius 3 is 2.35 bits per heavy atom. The number of rotatable bonds is 3. The van der Waals surface area contributed by atoms with E-state index in [4.69, 9.17) is 0 Å². The van der Waals surface area contributed by atoms with E-state index in [0.717, 1.165) is 22.3 Å². The summed E-state index contributed by atoms with van der Waals surface area (Å²) in [5.74, 6) is 5.54. The van der Waals surface area contributed by atoms with Crippen LogP contribution in [0, 0.1) is 25.7 Å². The maximum Gasteiger partial charge on any atom is 0.271 e. The van der Waals surface area contributed by atoms with Crippen molar-refractivity contribution in [1.82, 2.24) is 15.4 Å². The van der Waals surface area contributed by atoms with Gasteiger partial charge >= 0.3 is 0 Å². The average Bonchev–Trinajstić information content (AvgIpc) is 3.10. The second-order valence-electron chi connectivity index (χ2n) is 7.31. The molecule has 2 atom stereocenters. The molecule has 6 heteroatoms. The summed E-state index contributed by atoms with van der Waals surface area (Å²) in [6.45, 7) is 4.02. The molecule has 31 heavy (non-hydrogen) atoms. The Morgan fingerprint density at radius 1 is 1.03 bits per heavy atom. The molecule has 2 unspecified atom stereocenters. The van der Waals surface area contributed by atoms with E-state index in [2.05, 4.69) is 22.3 Å². The van der Waals surface area contributed by atoms with Crippen LogP contribution >= 0.6 is 11.8 Å². The van der Waals surface area contributed by atoms with E-state index in [0.29, 0.717) is 5.56 Å². The number of aromatic nitrogens is 1. The lowest BCUT2D eigenvalue weighted by atomic mass is 10.1. The lowest BCUT2D eigenvalue weighted by molar-refractivity contribution is -0.131. The lowest BCUT2D eigenvalue weighted by Crippen LogP contribution is -2.45. The zero-order chi connectivity index (χ0) is 21.8. The van der Waals surface area contributed by atoms with Crippen molar-refractivity contribution in [2.45, 2.75) is 24.5 Å². The normalized spacial score (nSPS) is 17.7. The molecule has 2 aromatic carbocycles. The maximum absolute atomic E-state index is 13.2. The molecule has 154 valence electrons. The standard InChI is InChI=1S/C25H21N3O2S/c1-17-5-9-19(10-6-17)11-14-22-24(30)28(27-23(29)21-4-3-15-26-16-21)25(31-22)20-12-7-18(2)8-13-20/h3-10,12-13,15-16,22,25H,1-2H3,(H,27,29). The van der Waals surface area contributed by atoms with Gasteiger partial charge in [-0.2, -0.15) is 0 Å². The molecule has 0 radical (unpaired) electrons. The Morgan fingerprint density at radius 2 is 1.71 bits per heavy atom. The number of carbonyl (C=O) groups excluding carboxylic acids is 2. The topological polar surface area (TPSA) is 62.3 Å². The van der Waals surface area contributed by atoms with E-state index in [1.807, 2.05) is 62.4 Å². The molecule has 1 fully saturated rings. The molecular weight excluding hydrogens is 406 g/mol. The molecule has 1 saturated heterocycles. The third kappa shape index (κ3) is 4.79. The zero-order valence-corrected chi connectivity index (χ0v) is 18.0. The van der Waals surface area contributed by atoms with Crippen molar-refractivity contribution in [3.63, 3.8) is 0 Å². The van der Waals surface area contributed by atoms with Gasteiger partial charge in [-0.1, -0.05) is 59.4 Å². The van der Waals surface area contributed by atoms with Gasteiger partial charge in [0.15, 0.2) is 0 Å². The second kappa shape index (κ2) is 9.07. The van der Waals surface area contributed by atoms with Gasteiger partial charge in [0.2, 0.25) is 0 Å². The summed E-state index contributed by atoms with van der Waals surface area (Å²) in [4.78, 5) is 29.9. The van der Waals surface area contributed by atoms with Gasteiger partial charge in [0, 0.05) is 18.0 Å². The summed E-state index contributed by atoms with van der Waals surface area (Å²) in [5.41, 5.74) is 7.20. The highest BCUT2D eigenvalue weighted by atomic mass is 32.2. The number of nitrogens with zero attached hydrogens (tertiary/aromatic N) is 2. The molecule has 0 saturated carbocycles. The second-order valence-corrected chi connectivity index (χ2v) is 8.50. The number of hydrogen-bond acceptors (Lipinski definition) is 4. The van der Waals surface area contributed by atoms with Crippen LogP contribution in [0.2, 0.25) is 0 Å².